The third kappa shape index (κ3) is 5.71. The molecule has 1 aromatic heterocycles. The van der Waals surface area contributed by atoms with Crippen molar-refractivity contribution in [2.24, 2.45) is 0 Å². The van der Waals surface area contributed by atoms with Gasteiger partial charge in [-0.15, -0.1) is 0 Å². The average molecular weight is 467 g/mol. The molecule has 3 aromatic rings. The summed E-state index contributed by atoms with van der Waals surface area (Å²) in [5.41, 5.74) is 1.14. The van der Waals surface area contributed by atoms with E-state index in [1.807, 2.05) is 0 Å². The van der Waals surface area contributed by atoms with Crippen LogP contribution in [0.2, 0.25) is 5.02 Å². The van der Waals surface area contributed by atoms with Crippen molar-refractivity contribution in [1.29, 1.82) is 0 Å². The molecule has 0 aliphatic carbocycles. The molecular formula is C20H14ClF3N4O4. The van der Waals surface area contributed by atoms with E-state index >= 15 is 0 Å². The third-order valence-corrected chi connectivity index (χ3v) is 4.27. The van der Waals surface area contributed by atoms with Crippen LogP contribution in [0.1, 0.15) is 26.4 Å². The van der Waals surface area contributed by atoms with Gasteiger partial charge in [0.2, 0.25) is 5.88 Å². The number of hydrogen-bond acceptors (Lipinski definition) is 6. The van der Waals surface area contributed by atoms with Gasteiger partial charge in [-0.3, -0.25) is 14.4 Å². The Balaban J connectivity index is 1.68. The maximum absolute atomic E-state index is 13.0. The predicted octanol–water partition coefficient (Wildman–Crippen LogP) is 4.48. The van der Waals surface area contributed by atoms with Crippen molar-refractivity contribution in [3.63, 3.8) is 0 Å². The molecular weight excluding hydrogens is 453 g/mol. The van der Waals surface area contributed by atoms with Gasteiger partial charge < -0.3 is 10.1 Å². The number of carbonyl (C=O) groups excluding carboxylic acids is 2. The number of hydrogen-bond donors (Lipinski definition) is 2. The van der Waals surface area contributed by atoms with Crippen molar-refractivity contribution in [1.82, 2.24) is 15.4 Å². The first-order chi connectivity index (χ1) is 15.2. The van der Waals surface area contributed by atoms with Crippen LogP contribution < -0.4 is 15.5 Å². The molecule has 2 amide bonds. The molecule has 3 rings (SSSR count). The van der Waals surface area contributed by atoms with Crippen molar-refractivity contribution in [3.05, 3.63) is 76.7 Å². The van der Waals surface area contributed by atoms with Crippen LogP contribution in [0.4, 0.5) is 18.9 Å². The fourth-order valence-electron chi connectivity index (χ4n) is 2.48. The summed E-state index contributed by atoms with van der Waals surface area (Å²) < 4.78 is 44.5. The normalized spacial score (nSPS) is 11.0. The molecule has 0 unspecified atom stereocenters. The van der Waals surface area contributed by atoms with E-state index in [0.717, 1.165) is 12.4 Å². The summed E-state index contributed by atoms with van der Waals surface area (Å²) in [6.07, 6.45) is -3.55. The van der Waals surface area contributed by atoms with Gasteiger partial charge in [0.15, 0.2) is 0 Å². The maximum Gasteiger partial charge on any atom is 0.417 e. The second kappa shape index (κ2) is 9.62. The van der Waals surface area contributed by atoms with Gasteiger partial charge >= 0.3 is 6.18 Å². The molecule has 166 valence electrons. The lowest BCUT2D eigenvalue weighted by Crippen LogP contribution is -2.22. The Labute approximate surface area is 184 Å². The molecule has 0 atom stereocenters. The van der Waals surface area contributed by atoms with Crippen LogP contribution in [0.25, 0.3) is 0 Å². The molecule has 0 bridgehead atoms. The van der Waals surface area contributed by atoms with E-state index in [1.54, 1.807) is 0 Å². The van der Waals surface area contributed by atoms with Crippen LogP contribution in [-0.2, 0) is 11.0 Å². The Morgan fingerprint density at radius 2 is 1.72 bits per heavy atom. The van der Waals surface area contributed by atoms with E-state index in [0.29, 0.717) is 17.5 Å². The summed E-state index contributed by atoms with van der Waals surface area (Å²) in [7, 11) is 1.28. The molecule has 0 radical (unpaired) electrons. The molecule has 0 aliphatic heterocycles. The number of hydroxylamine groups is 1. The van der Waals surface area contributed by atoms with Crippen LogP contribution in [-0.4, -0.2) is 28.9 Å². The molecule has 0 fully saturated rings. The molecule has 32 heavy (non-hydrogen) atoms. The van der Waals surface area contributed by atoms with E-state index in [2.05, 4.69) is 25.6 Å². The van der Waals surface area contributed by atoms with E-state index in [9.17, 15) is 22.8 Å². The largest absolute Gasteiger partial charge is 0.439 e. The van der Waals surface area contributed by atoms with E-state index in [-0.39, 0.29) is 17.1 Å². The standard InChI is InChI=1S/C20H14ClF3N4O4/c1-31-28-19(30)16-9-17(26-10-25-16)32-13-5-3-12(4-6-13)27-18(29)11-2-7-15(21)14(8-11)20(22,23)24/h2-10H,1H3,(H,27,29)(H,28,30). The Morgan fingerprint density at radius 3 is 2.38 bits per heavy atom. The molecule has 2 aromatic carbocycles. The van der Waals surface area contributed by atoms with Gasteiger partial charge in [0.1, 0.15) is 17.8 Å². The minimum Gasteiger partial charge on any atom is -0.439 e. The van der Waals surface area contributed by atoms with Gasteiger partial charge in [-0.2, -0.15) is 13.2 Å². The monoisotopic (exact) mass is 466 g/mol. The summed E-state index contributed by atoms with van der Waals surface area (Å²) in [5.74, 6) is -0.927. The Hall–Kier alpha value is -3.70. The molecule has 0 aliphatic rings. The average Bonchev–Trinajstić information content (AvgIpc) is 2.75. The zero-order valence-corrected chi connectivity index (χ0v) is 17.0. The molecule has 8 nitrogen and oxygen atoms in total. The first-order valence-corrected chi connectivity index (χ1v) is 9.16. The summed E-state index contributed by atoms with van der Waals surface area (Å²) >= 11 is 5.57. The first kappa shape index (κ1) is 23.0. The number of nitrogens with one attached hydrogen (secondary N) is 2. The first-order valence-electron chi connectivity index (χ1n) is 8.79. The minimum absolute atomic E-state index is 0.0157. The van der Waals surface area contributed by atoms with Crippen LogP contribution in [0.5, 0.6) is 11.6 Å². The summed E-state index contributed by atoms with van der Waals surface area (Å²) in [5, 5.41) is 1.99. The number of alkyl halides is 3. The molecule has 0 spiro atoms. The highest BCUT2D eigenvalue weighted by Crippen LogP contribution is 2.35. The fraction of sp³-hybridized carbons (Fsp3) is 0.100. The number of aromatic nitrogens is 2. The van der Waals surface area contributed by atoms with Crippen LogP contribution in [0, 0.1) is 0 Å². The second-order valence-electron chi connectivity index (χ2n) is 6.15. The lowest BCUT2D eigenvalue weighted by atomic mass is 10.1. The highest BCUT2D eigenvalue weighted by molar-refractivity contribution is 6.31. The molecule has 0 saturated heterocycles. The zero-order valence-electron chi connectivity index (χ0n) is 16.2. The van der Waals surface area contributed by atoms with Gasteiger partial charge in [-0.05, 0) is 42.5 Å². The number of anilines is 1. The number of benzene rings is 2. The molecule has 12 heteroatoms. The van der Waals surface area contributed by atoms with Crippen LogP contribution >= 0.6 is 11.6 Å². The highest BCUT2D eigenvalue weighted by atomic mass is 35.5. The van der Waals surface area contributed by atoms with Crippen molar-refractivity contribution in [2.75, 3.05) is 12.4 Å². The number of ether oxygens (including phenoxy) is 1. The molecule has 1 heterocycles. The van der Waals surface area contributed by atoms with Gasteiger partial charge in [0.25, 0.3) is 11.8 Å². The number of rotatable bonds is 6. The molecule has 0 saturated carbocycles. The Morgan fingerprint density at radius 1 is 1.00 bits per heavy atom. The number of amides is 2. The summed E-state index contributed by atoms with van der Waals surface area (Å²) in [6.45, 7) is 0. The lowest BCUT2D eigenvalue weighted by molar-refractivity contribution is -0.137. The van der Waals surface area contributed by atoms with E-state index < -0.39 is 28.6 Å². The smallest absolute Gasteiger partial charge is 0.417 e. The van der Waals surface area contributed by atoms with Crippen molar-refractivity contribution >= 4 is 29.1 Å². The summed E-state index contributed by atoms with van der Waals surface area (Å²) in [6, 6.07) is 10.1. The van der Waals surface area contributed by atoms with Crippen molar-refractivity contribution in [3.8, 4) is 11.6 Å². The predicted molar refractivity (Wildman–Crippen MR) is 107 cm³/mol. The SMILES string of the molecule is CONC(=O)c1cc(Oc2ccc(NC(=O)c3ccc(Cl)c(C(F)(F)F)c3)cc2)ncn1. The van der Waals surface area contributed by atoms with Gasteiger partial charge in [-0.25, -0.2) is 15.4 Å². The third-order valence-electron chi connectivity index (χ3n) is 3.94. The fourth-order valence-corrected chi connectivity index (χ4v) is 2.70. The zero-order chi connectivity index (χ0) is 23.3. The number of halogens is 4. The summed E-state index contributed by atoms with van der Waals surface area (Å²) in [4.78, 5) is 36.2. The lowest BCUT2D eigenvalue weighted by Gasteiger charge is -2.11. The Bertz CT molecular complexity index is 1140. The minimum atomic E-state index is -4.68. The maximum atomic E-state index is 13.0. The van der Waals surface area contributed by atoms with Crippen LogP contribution in [0.15, 0.2) is 54.9 Å². The molecule has 2 N–H and O–H groups in total. The topological polar surface area (TPSA) is 102 Å². The quantitative estimate of drug-likeness (QED) is 0.519. The number of nitrogens with zero attached hydrogens (tertiary/aromatic N) is 2. The van der Waals surface area contributed by atoms with E-state index in [1.165, 1.54) is 43.5 Å². The van der Waals surface area contributed by atoms with Gasteiger partial charge in [0.05, 0.1) is 17.7 Å². The van der Waals surface area contributed by atoms with E-state index in [4.69, 9.17) is 16.3 Å². The number of carbonyl (C=O) groups is 2. The van der Waals surface area contributed by atoms with Gasteiger partial charge in [0, 0.05) is 17.3 Å². The van der Waals surface area contributed by atoms with Crippen LogP contribution in [0.3, 0.4) is 0 Å². The highest BCUT2D eigenvalue weighted by Gasteiger charge is 2.33. The Kier molecular flexibility index (Phi) is 6.91. The second-order valence-corrected chi connectivity index (χ2v) is 6.56. The van der Waals surface area contributed by atoms with Gasteiger partial charge in [-0.1, -0.05) is 11.6 Å². The van der Waals surface area contributed by atoms with Crippen molar-refractivity contribution < 1.29 is 32.3 Å². The van der Waals surface area contributed by atoms with Crippen molar-refractivity contribution in [2.45, 2.75) is 6.18 Å².